The Kier molecular flexibility index (Phi) is 11.8. The van der Waals surface area contributed by atoms with E-state index in [4.69, 9.17) is 20.7 Å². The minimum Gasteiger partial charge on any atom is -0.480 e. The summed E-state index contributed by atoms with van der Waals surface area (Å²) in [6.07, 6.45) is -0.473. The second kappa shape index (κ2) is 14.0. The molecule has 0 aromatic heterocycles. The van der Waals surface area contributed by atoms with Crippen molar-refractivity contribution >= 4 is 41.2 Å². The largest absolute Gasteiger partial charge is 0.480 e. The number of carbonyl (C=O) groups excluding carboxylic acids is 2. The fourth-order valence-corrected chi connectivity index (χ4v) is 3.01. The third-order valence-corrected chi connectivity index (χ3v) is 4.96. The zero-order chi connectivity index (χ0) is 25.0. The summed E-state index contributed by atoms with van der Waals surface area (Å²) in [5.41, 5.74) is 4.32. The van der Waals surface area contributed by atoms with Crippen molar-refractivity contribution in [2.45, 2.75) is 37.2 Å². The summed E-state index contributed by atoms with van der Waals surface area (Å²) in [5, 5.41) is 42.5. The van der Waals surface area contributed by atoms with Crippen molar-refractivity contribution in [1.29, 1.82) is 0 Å². The number of amides is 2. The highest BCUT2D eigenvalue weighted by atomic mass is 32.2. The average molecular weight is 488 g/mol. The van der Waals surface area contributed by atoms with Crippen molar-refractivity contribution in [2.75, 3.05) is 12.3 Å². The molecule has 0 bridgehead atoms. The van der Waals surface area contributed by atoms with E-state index < -0.39 is 52.9 Å². The van der Waals surface area contributed by atoms with E-state index in [-0.39, 0.29) is 30.9 Å². The number of thioether (sulfide) groups is 1. The fraction of sp³-hybridized carbons (Fsp3) is 0.444. The standard InChI is InChI=1S/C18H24N4O10S/c19-12(17(27)28)5-6-14(23)21-13(16(26)20-7-15(24)25)9-33-18(29)32-8-10-1-3-11(4-2-10)22(30)31/h1-4,12-13,18,29H,5-9,19H2,(H,20,26)(H,21,23)(H,24,25)(H,27,28)/t12-,13-,18?/m0/s1. The van der Waals surface area contributed by atoms with Gasteiger partial charge in [0.25, 0.3) is 5.69 Å². The molecule has 33 heavy (non-hydrogen) atoms. The molecule has 0 aliphatic rings. The Bertz CT molecular complexity index is 851. The number of carbonyl (C=O) groups is 4. The van der Waals surface area contributed by atoms with Crippen LogP contribution < -0.4 is 16.4 Å². The number of nitro benzene ring substituents is 1. The van der Waals surface area contributed by atoms with E-state index in [0.717, 1.165) is 11.8 Å². The number of non-ortho nitro benzene ring substituents is 1. The first-order valence-corrected chi connectivity index (χ1v) is 10.5. The number of nitrogens with one attached hydrogen (secondary N) is 2. The number of aliphatic hydroxyl groups excluding tert-OH is 1. The van der Waals surface area contributed by atoms with Crippen LogP contribution in [0.1, 0.15) is 18.4 Å². The van der Waals surface area contributed by atoms with Gasteiger partial charge in [-0.25, -0.2) is 0 Å². The van der Waals surface area contributed by atoms with E-state index in [2.05, 4.69) is 10.6 Å². The van der Waals surface area contributed by atoms with Gasteiger partial charge in [-0.15, -0.1) is 0 Å². The third-order valence-electron chi connectivity index (χ3n) is 4.01. The number of rotatable bonds is 15. The molecule has 182 valence electrons. The van der Waals surface area contributed by atoms with Gasteiger partial charge in [0.15, 0.2) is 0 Å². The predicted molar refractivity (Wildman–Crippen MR) is 114 cm³/mol. The normalized spacial score (nSPS) is 13.4. The van der Waals surface area contributed by atoms with Crippen LogP contribution in [0.15, 0.2) is 24.3 Å². The summed E-state index contributed by atoms with van der Waals surface area (Å²) in [4.78, 5) is 55.7. The van der Waals surface area contributed by atoms with E-state index in [0.29, 0.717) is 5.56 Å². The van der Waals surface area contributed by atoms with Crippen molar-refractivity contribution in [2.24, 2.45) is 5.73 Å². The summed E-state index contributed by atoms with van der Waals surface area (Å²) >= 11 is 0.729. The van der Waals surface area contributed by atoms with Crippen LogP contribution in [0.4, 0.5) is 5.69 Å². The molecule has 15 heteroatoms. The Hall–Kier alpha value is -3.27. The van der Waals surface area contributed by atoms with Gasteiger partial charge in [0.05, 0.1) is 11.5 Å². The molecule has 1 aromatic carbocycles. The van der Waals surface area contributed by atoms with Gasteiger partial charge in [0.1, 0.15) is 18.6 Å². The molecule has 2 amide bonds. The van der Waals surface area contributed by atoms with Crippen LogP contribution in [0.5, 0.6) is 0 Å². The van der Waals surface area contributed by atoms with E-state index >= 15 is 0 Å². The van der Waals surface area contributed by atoms with Gasteiger partial charge < -0.3 is 36.4 Å². The smallest absolute Gasteiger partial charge is 0.322 e. The van der Waals surface area contributed by atoms with E-state index in [1.54, 1.807) is 0 Å². The van der Waals surface area contributed by atoms with Crippen molar-refractivity contribution < 1.29 is 44.2 Å². The van der Waals surface area contributed by atoms with Crippen molar-refractivity contribution in [3.05, 3.63) is 39.9 Å². The number of nitro groups is 1. The Morgan fingerprint density at radius 2 is 1.82 bits per heavy atom. The fourth-order valence-electron chi connectivity index (χ4n) is 2.25. The van der Waals surface area contributed by atoms with Gasteiger partial charge in [0.2, 0.25) is 17.4 Å². The lowest BCUT2D eigenvalue weighted by atomic mass is 10.1. The molecule has 0 spiro atoms. The number of nitrogens with zero attached hydrogens (tertiary/aromatic N) is 1. The van der Waals surface area contributed by atoms with Crippen LogP contribution in [-0.2, 0) is 30.5 Å². The van der Waals surface area contributed by atoms with Gasteiger partial charge in [0, 0.05) is 24.3 Å². The van der Waals surface area contributed by atoms with Crippen molar-refractivity contribution in [1.82, 2.24) is 10.6 Å². The van der Waals surface area contributed by atoms with Crippen LogP contribution in [0.25, 0.3) is 0 Å². The van der Waals surface area contributed by atoms with Crippen LogP contribution in [0, 0.1) is 10.1 Å². The molecule has 0 aliphatic heterocycles. The zero-order valence-electron chi connectivity index (χ0n) is 17.2. The molecule has 1 rings (SSSR count). The predicted octanol–water partition coefficient (Wildman–Crippen LogP) is -1.00. The number of hydrogen-bond acceptors (Lipinski definition) is 10. The highest BCUT2D eigenvalue weighted by molar-refractivity contribution is 7.99. The monoisotopic (exact) mass is 488 g/mol. The van der Waals surface area contributed by atoms with Crippen molar-refractivity contribution in [3.63, 3.8) is 0 Å². The second-order valence-corrected chi connectivity index (χ2v) is 7.66. The molecular formula is C18H24N4O10S. The maximum absolute atomic E-state index is 12.2. The van der Waals surface area contributed by atoms with Crippen molar-refractivity contribution in [3.8, 4) is 0 Å². The Morgan fingerprint density at radius 1 is 1.18 bits per heavy atom. The number of carboxylic acid groups (broad SMARTS) is 2. The van der Waals surface area contributed by atoms with Gasteiger partial charge in [-0.1, -0.05) is 11.8 Å². The summed E-state index contributed by atoms with van der Waals surface area (Å²) in [7, 11) is 0. The highest BCUT2D eigenvalue weighted by Gasteiger charge is 2.24. The Balaban J connectivity index is 2.60. The van der Waals surface area contributed by atoms with Crippen LogP contribution in [-0.4, -0.2) is 74.0 Å². The van der Waals surface area contributed by atoms with Gasteiger partial charge in [-0.05, 0) is 24.1 Å². The van der Waals surface area contributed by atoms with Crippen LogP contribution >= 0.6 is 11.8 Å². The number of nitrogens with two attached hydrogens (primary N) is 1. The number of aliphatic hydroxyl groups is 1. The summed E-state index contributed by atoms with van der Waals surface area (Å²) < 4.78 is 5.20. The van der Waals surface area contributed by atoms with E-state index in [9.17, 15) is 34.4 Å². The minimum absolute atomic E-state index is 0.0958. The van der Waals surface area contributed by atoms with Crippen LogP contribution in [0.2, 0.25) is 0 Å². The molecule has 14 nitrogen and oxygen atoms in total. The number of hydrogen-bond donors (Lipinski definition) is 6. The Morgan fingerprint density at radius 3 is 2.36 bits per heavy atom. The molecule has 0 saturated carbocycles. The van der Waals surface area contributed by atoms with E-state index in [1.807, 2.05) is 0 Å². The minimum atomic E-state index is -1.44. The molecule has 0 fully saturated rings. The molecule has 0 heterocycles. The first-order valence-electron chi connectivity index (χ1n) is 9.41. The topological polar surface area (TPSA) is 231 Å². The molecular weight excluding hydrogens is 464 g/mol. The number of ether oxygens (including phenoxy) is 1. The quantitative estimate of drug-likeness (QED) is 0.0991. The lowest BCUT2D eigenvalue weighted by Gasteiger charge is -2.20. The summed E-state index contributed by atoms with van der Waals surface area (Å²) in [5.74, 6) is -4.32. The van der Waals surface area contributed by atoms with Gasteiger partial charge >= 0.3 is 11.9 Å². The molecule has 0 saturated heterocycles. The number of benzene rings is 1. The molecule has 7 N–H and O–H groups in total. The molecule has 0 aliphatic carbocycles. The molecule has 1 unspecified atom stereocenters. The maximum Gasteiger partial charge on any atom is 0.322 e. The molecule has 0 radical (unpaired) electrons. The van der Waals surface area contributed by atoms with Gasteiger partial charge in [-0.3, -0.25) is 29.3 Å². The number of aliphatic carboxylic acids is 2. The first kappa shape index (κ1) is 27.8. The molecule has 3 atom stereocenters. The van der Waals surface area contributed by atoms with Crippen LogP contribution in [0.3, 0.4) is 0 Å². The van der Waals surface area contributed by atoms with E-state index in [1.165, 1.54) is 24.3 Å². The lowest BCUT2D eigenvalue weighted by Crippen LogP contribution is -2.49. The lowest BCUT2D eigenvalue weighted by molar-refractivity contribution is -0.384. The first-order chi connectivity index (χ1) is 15.5. The SMILES string of the molecule is N[C@@H](CCC(=O)N[C@@H](CSC(O)OCc1ccc([N+](=O)[O-])cc1)C(=O)NCC(=O)O)C(=O)O. The van der Waals surface area contributed by atoms with Gasteiger partial charge in [-0.2, -0.15) is 0 Å². The summed E-state index contributed by atoms with van der Waals surface area (Å²) in [6, 6.07) is 2.92. The average Bonchev–Trinajstić information content (AvgIpc) is 2.77. The second-order valence-electron chi connectivity index (χ2n) is 6.59. The zero-order valence-corrected chi connectivity index (χ0v) is 18.0. The third kappa shape index (κ3) is 11.2. The Labute approximate surface area is 191 Å². The maximum atomic E-state index is 12.2. The summed E-state index contributed by atoms with van der Waals surface area (Å²) in [6.45, 7) is -0.791. The molecule has 1 aromatic rings. The highest BCUT2D eigenvalue weighted by Crippen LogP contribution is 2.16. The number of carboxylic acids is 2.